The Hall–Kier alpha value is -2.31. The van der Waals surface area contributed by atoms with Crippen molar-refractivity contribution in [3.63, 3.8) is 0 Å². The summed E-state index contributed by atoms with van der Waals surface area (Å²) < 4.78 is 0. The van der Waals surface area contributed by atoms with Gasteiger partial charge < -0.3 is 5.32 Å². The van der Waals surface area contributed by atoms with Gasteiger partial charge in [0.2, 0.25) is 5.91 Å². The number of nitrogens with one attached hydrogen (secondary N) is 1. The number of thioether (sulfide) groups is 1. The summed E-state index contributed by atoms with van der Waals surface area (Å²) in [5.74, 6) is -1.000. The lowest BCUT2D eigenvalue weighted by molar-refractivity contribution is -0.114. The minimum absolute atomic E-state index is 0.143. The van der Waals surface area contributed by atoms with Crippen LogP contribution < -0.4 is 5.32 Å². The van der Waals surface area contributed by atoms with Crippen LogP contribution in [0.5, 0.6) is 0 Å². The minimum Gasteiger partial charge on any atom is -0.326 e. The molecule has 0 aliphatic heterocycles. The van der Waals surface area contributed by atoms with E-state index in [1.54, 1.807) is 30.5 Å². The molecule has 0 aliphatic rings. The van der Waals surface area contributed by atoms with Gasteiger partial charge in [0, 0.05) is 12.6 Å². The van der Waals surface area contributed by atoms with Crippen LogP contribution >= 0.6 is 11.8 Å². The van der Waals surface area contributed by atoms with Crippen LogP contribution in [0.4, 0.5) is 11.4 Å². The molecule has 1 N–H and O–H groups in total. The second-order valence-corrected chi connectivity index (χ2v) is 4.40. The number of benzene rings is 1. The van der Waals surface area contributed by atoms with Gasteiger partial charge >= 0.3 is 0 Å². The number of carbonyl (C=O) groups is 1. The average Bonchev–Trinajstić information content (AvgIpc) is 2.40. The predicted octanol–water partition coefficient (Wildman–Crippen LogP) is 2.70. The van der Waals surface area contributed by atoms with E-state index in [2.05, 4.69) is 10.3 Å². The Morgan fingerprint density at radius 2 is 1.89 bits per heavy atom. The van der Waals surface area contributed by atoms with E-state index in [4.69, 9.17) is 10.5 Å². The SMILES string of the molecule is CSC(=Nc1ccc(NC(C)=O)cc1)C(C#N)C#N. The van der Waals surface area contributed by atoms with E-state index >= 15 is 0 Å². The van der Waals surface area contributed by atoms with Gasteiger partial charge in [-0.1, -0.05) is 0 Å². The van der Waals surface area contributed by atoms with Crippen LogP contribution in [0.15, 0.2) is 29.3 Å². The lowest BCUT2D eigenvalue weighted by atomic mass is 10.2. The minimum atomic E-state index is -0.856. The molecule has 0 radical (unpaired) electrons. The zero-order valence-electron chi connectivity index (χ0n) is 10.5. The highest BCUT2D eigenvalue weighted by Gasteiger charge is 2.13. The number of anilines is 1. The molecule has 1 amide bonds. The molecule has 1 rings (SSSR count). The fourth-order valence-electron chi connectivity index (χ4n) is 1.32. The van der Waals surface area contributed by atoms with Crippen molar-refractivity contribution in [3.05, 3.63) is 24.3 Å². The standard InChI is InChI=1S/C13H12N4OS/c1-9(18)16-11-3-5-12(6-4-11)17-13(19-2)10(7-14)8-15/h3-6,10H,1-2H3,(H,16,18). The summed E-state index contributed by atoms with van der Waals surface area (Å²) in [6.45, 7) is 1.43. The van der Waals surface area contributed by atoms with Crippen LogP contribution in [0.2, 0.25) is 0 Å². The molecule has 0 heterocycles. The monoisotopic (exact) mass is 272 g/mol. The maximum Gasteiger partial charge on any atom is 0.221 e. The summed E-state index contributed by atoms with van der Waals surface area (Å²) in [4.78, 5) is 15.1. The molecule has 0 unspecified atom stereocenters. The zero-order valence-corrected chi connectivity index (χ0v) is 11.4. The molecular weight excluding hydrogens is 260 g/mol. The predicted molar refractivity (Wildman–Crippen MR) is 76.1 cm³/mol. The third-order valence-corrected chi connectivity index (χ3v) is 2.89. The molecule has 19 heavy (non-hydrogen) atoms. The average molecular weight is 272 g/mol. The van der Waals surface area contributed by atoms with E-state index in [0.717, 1.165) is 0 Å². The number of hydrogen-bond donors (Lipinski definition) is 1. The van der Waals surface area contributed by atoms with Crippen LogP contribution in [-0.4, -0.2) is 17.2 Å². The summed E-state index contributed by atoms with van der Waals surface area (Å²) in [5, 5.41) is 20.8. The number of nitrogens with zero attached hydrogens (tertiary/aromatic N) is 3. The zero-order chi connectivity index (χ0) is 14.3. The van der Waals surface area contributed by atoms with Crippen molar-refractivity contribution in [2.24, 2.45) is 10.9 Å². The molecule has 0 bridgehead atoms. The van der Waals surface area contributed by atoms with Crippen molar-refractivity contribution < 1.29 is 4.79 Å². The van der Waals surface area contributed by atoms with Crippen molar-refractivity contribution in [1.82, 2.24) is 0 Å². The summed E-state index contributed by atoms with van der Waals surface area (Å²) in [7, 11) is 0. The molecule has 5 nitrogen and oxygen atoms in total. The molecule has 0 aromatic heterocycles. The molecule has 0 aliphatic carbocycles. The molecule has 1 aromatic rings. The third kappa shape index (κ3) is 4.46. The Morgan fingerprint density at radius 3 is 2.32 bits per heavy atom. The van der Waals surface area contributed by atoms with Gasteiger partial charge in [0.05, 0.1) is 17.8 Å². The highest BCUT2D eigenvalue weighted by atomic mass is 32.2. The summed E-state index contributed by atoms with van der Waals surface area (Å²) in [5.41, 5.74) is 1.31. The Morgan fingerprint density at radius 1 is 1.32 bits per heavy atom. The largest absolute Gasteiger partial charge is 0.326 e. The van der Waals surface area contributed by atoms with Crippen molar-refractivity contribution >= 4 is 34.1 Å². The Balaban J connectivity index is 2.95. The molecule has 1 aromatic carbocycles. The number of aliphatic imine (C=N–C) groups is 1. The molecule has 0 saturated carbocycles. The molecular formula is C13H12N4OS. The first kappa shape index (κ1) is 14.7. The first-order valence-corrected chi connectivity index (χ1v) is 6.62. The topological polar surface area (TPSA) is 89.0 Å². The van der Waals surface area contributed by atoms with Gasteiger partial charge in [-0.15, -0.1) is 11.8 Å². The van der Waals surface area contributed by atoms with E-state index in [1.165, 1.54) is 18.7 Å². The lowest BCUT2D eigenvalue weighted by Crippen LogP contribution is -2.06. The van der Waals surface area contributed by atoms with E-state index in [1.807, 2.05) is 12.1 Å². The maximum absolute atomic E-state index is 10.9. The maximum atomic E-state index is 10.9. The lowest BCUT2D eigenvalue weighted by Gasteiger charge is -2.04. The molecule has 96 valence electrons. The van der Waals surface area contributed by atoms with Gasteiger partial charge in [-0.05, 0) is 30.5 Å². The van der Waals surface area contributed by atoms with Gasteiger partial charge in [0.25, 0.3) is 0 Å². The van der Waals surface area contributed by atoms with E-state index < -0.39 is 5.92 Å². The van der Waals surface area contributed by atoms with Crippen LogP contribution in [0.3, 0.4) is 0 Å². The van der Waals surface area contributed by atoms with Crippen LogP contribution in [0.1, 0.15) is 6.92 Å². The van der Waals surface area contributed by atoms with Crippen LogP contribution in [-0.2, 0) is 4.79 Å². The van der Waals surface area contributed by atoms with Gasteiger partial charge in [0.1, 0.15) is 5.04 Å². The van der Waals surface area contributed by atoms with E-state index in [9.17, 15) is 4.79 Å². The first-order chi connectivity index (χ1) is 9.10. The highest BCUT2D eigenvalue weighted by Crippen LogP contribution is 2.20. The molecule has 6 heteroatoms. The normalized spacial score (nSPS) is 10.7. The fourth-order valence-corrected chi connectivity index (χ4v) is 1.85. The Kier molecular flexibility index (Phi) is 5.59. The molecule has 0 saturated heterocycles. The smallest absolute Gasteiger partial charge is 0.221 e. The fraction of sp³-hybridized carbons (Fsp3) is 0.231. The Labute approximate surface area is 116 Å². The van der Waals surface area contributed by atoms with Crippen molar-refractivity contribution in [1.29, 1.82) is 10.5 Å². The summed E-state index contributed by atoms with van der Waals surface area (Å²) >= 11 is 1.27. The number of carbonyl (C=O) groups excluding carboxylic acids is 1. The van der Waals surface area contributed by atoms with Crippen molar-refractivity contribution in [3.8, 4) is 12.1 Å². The molecule has 0 spiro atoms. The van der Waals surface area contributed by atoms with Crippen LogP contribution in [0, 0.1) is 28.6 Å². The third-order valence-electron chi connectivity index (χ3n) is 2.14. The molecule has 0 fully saturated rings. The number of nitriles is 2. The number of rotatable bonds is 3. The second kappa shape index (κ2) is 7.20. The molecule has 0 atom stereocenters. The van der Waals surface area contributed by atoms with Crippen molar-refractivity contribution in [2.75, 3.05) is 11.6 Å². The highest BCUT2D eigenvalue weighted by molar-refractivity contribution is 8.13. The summed E-state index contributed by atoms with van der Waals surface area (Å²) in [6, 6.07) is 10.6. The van der Waals surface area contributed by atoms with Crippen molar-refractivity contribution in [2.45, 2.75) is 6.92 Å². The van der Waals surface area contributed by atoms with E-state index in [-0.39, 0.29) is 5.91 Å². The number of hydrogen-bond acceptors (Lipinski definition) is 5. The van der Waals surface area contributed by atoms with E-state index in [0.29, 0.717) is 16.4 Å². The second-order valence-electron chi connectivity index (χ2n) is 3.57. The van der Waals surface area contributed by atoms with Gasteiger partial charge in [-0.3, -0.25) is 4.79 Å². The number of amides is 1. The first-order valence-electron chi connectivity index (χ1n) is 5.40. The van der Waals surface area contributed by atoms with Gasteiger partial charge in [0.15, 0.2) is 5.92 Å². The van der Waals surface area contributed by atoms with Gasteiger partial charge in [-0.2, -0.15) is 10.5 Å². The quantitative estimate of drug-likeness (QED) is 0.676. The van der Waals surface area contributed by atoms with Gasteiger partial charge in [-0.25, -0.2) is 4.99 Å². The Bertz CT molecular complexity index is 552. The summed E-state index contributed by atoms with van der Waals surface area (Å²) in [6.07, 6.45) is 1.77. The van der Waals surface area contributed by atoms with Crippen LogP contribution in [0.25, 0.3) is 0 Å².